The van der Waals surface area contributed by atoms with Crippen LogP contribution < -0.4 is 10.2 Å². The third-order valence-electron chi connectivity index (χ3n) is 5.02. The molecule has 1 aromatic heterocycles. The van der Waals surface area contributed by atoms with Crippen LogP contribution in [-0.2, 0) is 9.47 Å². The molecule has 2 aliphatic rings. The second kappa shape index (κ2) is 7.54. The van der Waals surface area contributed by atoms with Crippen LogP contribution in [0, 0.1) is 18.3 Å². The Hall–Kier alpha value is -3.02. The van der Waals surface area contributed by atoms with E-state index in [9.17, 15) is 10.1 Å². The molecular weight excluding hydrogens is 358 g/mol. The predicted molar refractivity (Wildman–Crippen MR) is 102 cm³/mol. The topological polar surface area (TPSA) is 100 Å². The molecular formula is C20H21N5O3. The summed E-state index contributed by atoms with van der Waals surface area (Å²) in [6, 6.07) is 10.6. The summed E-state index contributed by atoms with van der Waals surface area (Å²) >= 11 is 0. The molecule has 0 atom stereocenters. The molecule has 0 radical (unpaired) electrons. The maximum atomic E-state index is 12.7. The Morgan fingerprint density at radius 3 is 2.64 bits per heavy atom. The van der Waals surface area contributed by atoms with E-state index in [2.05, 4.69) is 26.3 Å². The van der Waals surface area contributed by atoms with Gasteiger partial charge in [-0.2, -0.15) is 5.26 Å². The molecule has 0 unspecified atom stereocenters. The van der Waals surface area contributed by atoms with E-state index in [0.29, 0.717) is 36.1 Å². The van der Waals surface area contributed by atoms with Gasteiger partial charge < -0.3 is 19.7 Å². The number of ether oxygens (including phenoxy) is 2. The van der Waals surface area contributed by atoms with Crippen molar-refractivity contribution in [1.29, 1.82) is 5.26 Å². The third kappa shape index (κ3) is 3.67. The first-order valence-electron chi connectivity index (χ1n) is 9.28. The van der Waals surface area contributed by atoms with Crippen molar-refractivity contribution in [1.82, 2.24) is 9.97 Å². The Morgan fingerprint density at radius 1 is 1.21 bits per heavy atom. The highest BCUT2D eigenvalue weighted by Gasteiger charge is 2.40. The number of aryl methyl sites for hydroxylation is 1. The monoisotopic (exact) mass is 379 g/mol. The second-order valence-electron chi connectivity index (χ2n) is 6.86. The Bertz CT molecular complexity index is 924. The molecule has 2 saturated heterocycles. The van der Waals surface area contributed by atoms with E-state index in [1.54, 1.807) is 37.3 Å². The molecule has 0 aliphatic carbocycles. The zero-order chi connectivity index (χ0) is 19.6. The van der Waals surface area contributed by atoms with Crippen molar-refractivity contribution in [3.05, 3.63) is 47.4 Å². The van der Waals surface area contributed by atoms with Crippen LogP contribution in [0.25, 0.3) is 0 Å². The first-order chi connectivity index (χ1) is 13.6. The normalized spacial score (nSPS) is 18.1. The lowest BCUT2D eigenvalue weighted by atomic mass is 10.0. The Labute approximate surface area is 163 Å². The van der Waals surface area contributed by atoms with E-state index in [4.69, 9.17) is 9.47 Å². The summed E-state index contributed by atoms with van der Waals surface area (Å²) < 4.78 is 11.5. The fourth-order valence-electron chi connectivity index (χ4n) is 3.57. The van der Waals surface area contributed by atoms with Crippen molar-refractivity contribution in [2.45, 2.75) is 25.6 Å². The van der Waals surface area contributed by atoms with Gasteiger partial charge in [-0.15, -0.1) is 0 Å². The number of anilines is 2. The fraction of sp³-hybridized carbons (Fsp3) is 0.400. The number of nitrogens with one attached hydrogen (secondary N) is 1. The lowest BCUT2D eigenvalue weighted by Gasteiger charge is -2.38. The molecule has 1 aromatic carbocycles. The van der Waals surface area contributed by atoms with Crippen LogP contribution in [0.3, 0.4) is 0 Å². The van der Waals surface area contributed by atoms with Gasteiger partial charge in [-0.05, 0) is 19.1 Å². The van der Waals surface area contributed by atoms with Gasteiger partial charge in [0, 0.05) is 32.0 Å². The maximum Gasteiger partial charge on any atom is 0.274 e. The van der Waals surface area contributed by atoms with Gasteiger partial charge in [0.15, 0.2) is 5.79 Å². The quantitative estimate of drug-likeness (QED) is 0.873. The molecule has 8 heteroatoms. The van der Waals surface area contributed by atoms with Crippen LogP contribution in [0.2, 0.25) is 0 Å². The highest BCUT2D eigenvalue weighted by molar-refractivity contribution is 6.04. The zero-order valence-corrected chi connectivity index (χ0v) is 15.6. The van der Waals surface area contributed by atoms with E-state index < -0.39 is 5.79 Å². The molecule has 1 spiro atoms. The molecule has 28 heavy (non-hydrogen) atoms. The number of carbonyl (C=O) groups is 1. The molecule has 1 N–H and O–H groups in total. The number of hydrogen-bond acceptors (Lipinski definition) is 7. The summed E-state index contributed by atoms with van der Waals surface area (Å²) in [5.41, 5.74) is 1.13. The van der Waals surface area contributed by atoms with E-state index in [1.807, 2.05) is 0 Å². The van der Waals surface area contributed by atoms with Crippen molar-refractivity contribution < 1.29 is 14.3 Å². The predicted octanol–water partition coefficient (Wildman–Crippen LogP) is 2.25. The number of aromatic nitrogens is 2. The number of nitriles is 1. The summed E-state index contributed by atoms with van der Waals surface area (Å²) in [5.74, 6) is 0.397. The summed E-state index contributed by atoms with van der Waals surface area (Å²) in [6.07, 6.45) is 1.51. The molecule has 2 fully saturated rings. The Balaban J connectivity index is 1.51. The van der Waals surface area contributed by atoms with Gasteiger partial charge in [0.1, 0.15) is 23.4 Å². The van der Waals surface area contributed by atoms with Gasteiger partial charge in [-0.1, -0.05) is 12.1 Å². The summed E-state index contributed by atoms with van der Waals surface area (Å²) in [5, 5.41) is 12.0. The van der Waals surface area contributed by atoms with Crippen LogP contribution in [-0.4, -0.2) is 48.0 Å². The minimum Gasteiger partial charge on any atom is -0.356 e. The summed E-state index contributed by atoms with van der Waals surface area (Å²) in [7, 11) is 0. The van der Waals surface area contributed by atoms with Crippen LogP contribution >= 0.6 is 0 Å². The molecule has 1 amide bonds. The molecule has 3 heterocycles. The molecule has 8 nitrogen and oxygen atoms in total. The van der Waals surface area contributed by atoms with E-state index in [1.165, 1.54) is 0 Å². The molecule has 2 aliphatic heterocycles. The van der Waals surface area contributed by atoms with Gasteiger partial charge in [-0.3, -0.25) is 4.79 Å². The van der Waals surface area contributed by atoms with Crippen LogP contribution in [0.4, 0.5) is 11.5 Å². The fourth-order valence-corrected chi connectivity index (χ4v) is 3.57. The molecule has 4 rings (SSSR count). The molecule has 144 valence electrons. The van der Waals surface area contributed by atoms with Crippen molar-refractivity contribution in [3.8, 4) is 6.07 Å². The highest BCUT2D eigenvalue weighted by atomic mass is 16.7. The van der Waals surface area contributed by atoms with Crippen molar-refractivity contribution in [2.75, 3.05) is 36.5 Å². The first-order valence-corrected chi connectivity index (χ1v) is 9.28. The van der Waals surface area contributed by atoms with Gasteiger partial charge in [0.25, 0.3) is 5.91 Å². The van der Waals surface area contributed by atoms with Crippen molar-refractivity contribution >= 4 is 17.4 Å². The molecule has 0 saturated carbocycles. The van der Waals surface area contributed by atoms with Crippen LogP contribution in [0.5, 0.6) is 0 Å². The summed E-state index contributed by atoms with van der Waals surface area (Å²) in [6.45, 7) is 4.50. The number of para-hydroxylation sites is 1. The van der Waals surface area contributed by atoms with Crippen LogP contribution in [0.15, 0.2) is 30.3 Å². The van der Waals surface area contributed by atoms with E-state index in [-0.39, 0.29) is 11.6 Å². The van der Waals surface area contributed by atoms with Gasteiger partial charge in [-0.25, -0.2) is 9.97 Å². The largest absolute Gasteiger partial charge is 0.356 e. The molecule has 0 bridgehead atoms. The SMILES string of the molecule is Cc1nc(C(=O)Nc2ccccc2C#N)cc(N2CCC3(CC2)OCCO3)n1. The number of carbonyl (C=O) groups excluding carboxylic acids is 1. The highest BCUT2D eigenvalue weighted by Crippen LogP contribution is 2.32. The van der Waals surface area contributed by atoms with Gasteiger partial charge in [0.2, 0.25) is 0 Å². The Morgan fingerprint density at radius 2 is 1.93 bits per heavy atom. The smallest absolute Gasteiger partial charge is 0.274 e. The number of rotatable bonds is 3. The standard InChI is InChI=1S/C20H21N5O3/c1-14-22-17(19(26)24-16-5-3-2-4-15(16)13-21)12-18(23-14)25-8-6-20(7-9-25)27-10-11-28-20/h2-5,12H,6-11H2,1H3,(H,24,26). The number of amides is 1. The third-order valence-corrected chi connectivity index (χ3v) is 5.02. The van der Waals surface area contributed by atoms with Crippen LogP contribution in [0.1, 0.15) is 34.7 Å². The zero-order valence-electron chi connectivity index (χ0n) is 15.6. The lowest BCUT2D eigenvalue weighted by Crippen LogP contribution is -2.45. The average molecular weight is 379 g/mol. The number of hydrogen-bond donors (Lipinski definition) is 1. The van der Waals surface area contributed by atoms with Crippen molar-refractivity contribution in [2.24, 2.45) is 0 Å². The van der Waals surface area contributed by atoms with E-state index >= 15 is 0 Å². The maximum absolute atomic E-state index is 12.7. The molecule has 2 aromatic rings. The number of benzene rings is 1. The van der Waals surface area contributed by atoms with Gasteiger partial charge >= 0.3 is 0 Å². The minimum atomic E-state index is -0.459. The Kier molecular flexibility index (Phi) is 4.94. The number of nitrogens with zero attached hydrogens (tertiary/aromatic N) is 4. The lowest BCUT2D eigenvalue weighted by molar-refractivity contribution is -0.169. The summed E-state index contributed by atoms with van der Waals surface area (Å²) in [4.78, 5) is 23.6. The number of piperidine rings is 1. The van der Waals surface area contributed by atoms with Gasteiger partial charge in [0.05, 0.1) is 24.5 Å². The van der Waals surface area contributed by atoms with E-state index in [0.717, 1.165) is 25.9 Å². The first kappa shape index (κ1) is 18.3. The van der Waals surface area contributed by atoms with Crippen molar-refractivity contribution in [3.63, 3.8) is 0 Å². The second-order valence-corrected chi connectivity index (χ2v) is 6.86. The minimum absolute atomic E-state index is 0.267. The average Bonchev–Trinajstić information content (AvgIpc) is 3.16.